The molecule has 0 radical (unpaired) electrons. The number of phenols is 1. The monoisotopic (exact) mass is 596 g/mol. The first-order chi connectivity index (χ1) is 20.4. The number of carbonyl (C=O) groups excluding carboxylic acids is 1. The van der Waals surface area contributed by atoms with Crippen molar-refractivity contribution in [2.24, 2.45) is 11.8 Å². The van der Waals surface area contributed by atoms with E-state index in [1.165, 1.54) is 31.1 Å². The number of amides is 1. The van der Waals surface area contributed by atoms with Crippen LogP contribution in [0.2, 0.25) is 0 Å². The maximum Gasteiger partial charge on any atom is 0.416 e. The van der Waals surface area contributed by atoms with E-state index in [0.717, 1.165) is 36.3 Å². The summed E-state index contributed by atoms with van der Waals surface area (Å²) in [7, 11) is 0. The first-order valence-electron chi connectivity index (χ1n) is 15.6. The van der Waals surface area contributed by atoms with Crippen molar-refractivity contribution in [1.29, 1.82) is 0 Å². The molecule has 3 fully saturated rings. The lowest BCUT2D eigenvalue weighted by Gasteiger charge is -2.65. The molecule has 2 saturated carbocycles. The van der Waals surface area contributed by atoms with E-state index in [2.05, 4.69) is 4.90 Å². The number of alkyl halides is 3. The number of piperidine rings is 1. The predicted molar refractivity (Wildman–Crippen MR) is 156 cm³/mol. The normalized spacial score (nSPS) is 31.3. The van der Waals surface area contributed by atoms with Crippen molar-refractivity contribution in [2.75, 3.05) is 19.6 Å². The van der Waals surface area contributed by atoms with Crippen LogP contribution in [0.25, 0.3) is 6.08 Å². The quantitative estimate of drug-likeness (QED) is 0.411. The van der Waals surface area contributed by atoms with Crippen LogP contribution in [0.15, 0.2) is 42.5 Å². The summed E-state index contributed by atoms with van der Waals surface area (Å²) in [5.74, 6) is 1.10. The number of hydrogen-bond acceptors (Lipinski definition) is 5. The number of ether oxygens (including phenoxy) is 1. The van der Waals surface area contributed by atoms with Crippen molar-refractivity contribution in [3.8, 4) is 11.5 Å². The molecule has 1 amide bonds. The standard InChI is InChI=1S/C34H39F3N2O4/c1-20(2)18-39(28(41)12-7-21-5-9-24(10-6-21)34(35,36)37)25-13-14-33(42)27-17-23-8-11-26(40)30-29(23)32(33,31(25)43-30)15-16-38(27)19-22-3-4-22/h5-12,20,22,25,27,31,40,42H,3-4,13-19H2,1-2H3/t25-,27-,31+,32+,33-/m1/s1. The minimum atomic E-state index is -4.42. The number of benzene rings is 2. The van der Waals surface area contributed by atoms with Crippen molar-refractivity contribution in [3.05, 3.63) is 64.7 Å². The maximum absolute atomic E-state index is 13.9. The van der Waals surface area contributed by atoms with Gasteiger partial charge in [0.05, 0.1) is 22.6 Å². The fourth-order valence-electron chi connectivity index (χ4n) is 8.60. The van der Waals surface area contributed by atoms with E-state index < -0.39 is 28.9 Å². The number of halogens is 3. The van der Waals surface area contributed by atoms with Crippen molar-refractivity contribution in [3.63, 3.8) is 0 Å². The van der Waals surface area contributed by atoms with E-state index in [9.17, 15) is 28.2 Å². The Kier molecular flexibility index (Phi) is 6.67. The summed E-state index contributed by atoms with van der Waals surface area (Å²) in [6, 6.07) is 8.01. The van der Waals surface area contributed by atoms with Gasteiger partial charge in [-0.3, -0.25) is 9.69 Å². The number of carbonyl (C=O) groups is 1. The minimum Gasteiger partial charge on any atom is -0.504 e. The van der Waals surface area contributed by atoms with Gasteiger partial charge in [0.25, 0.3) is 0 Å². The van der Waals surface area contributed by atoms with E-state index in [0.29, 0.717) is 49.5 Å². The first-order valence-corrected chi connectivity index (χ1v) is 15.6. The van der Waals surface area contributed by atoms with Gasteiger partial charge in [-0.15, -0.1) is 0 Å². The Balaban J connectivity index is 1.23. The summed E-state index contributed by atoms with van der Waals surface area (Å²) in [6.45, 7) is 6.36. The van der Waals surface area contributed by atoms with E-state index >= 15 is 0 Å². The van der Waals surface area contributed by atoms with Gasteiger partial charge in [-0.2, -0.15) is 13.2 Å². The van der Waals surface area contributed by atoms with Gasteiger partial charge >= 0.3 is 6.18 Å². The van der Waals surface area contributed by atoms with E-state index in [4.69, 9.17) is 4.74 Å². The number of nitrogens with zero attached hydrogens (tertiary/aromatic N) is 2. The molecule has 2 aromatic rings. The third kappa shape index (κ3) is 4.48. The molecule has 43 heavy (non-hydrogen) atoms. The van der Waals surface area contributed by atoms with Crippen molar-refractivity contribution >= 4 is 12.0 Å². The van der Waals surface area contributed by atoms with Crippen LogP contribution in [-0.2, 0) is 22.8 Å². The fourth-order valence-corrected chi connectivity index (χ4v) is 8.60. The first kappa shape index (κ1) is 28.7. The van der Waals surface area contributed by atoms with Gasteiger partial charge in [-0.25, -0.2) is 0 Å². The zero-order valence-electron chi connectivity index (χ0n) is 24.6. The Morgan fingerprint density at radius 2 is 1.88 bits per heavy atom. The number of rotatable bonds is 7. The Hall–Kier alpha value is -3.04. The molecule has 6 nitrogen and oxygen atoms in total. The molecule has 2 N–H and O–H groups in total. The summed E-state index contributed by atoms with van der Waals surface area (Å²) in [6.07, 6.45) is 2.96. The highest BCUT2D eigenvalue weighted by molar-refractivity contribution is 5.92. The van der Waals surface area contributed by atoms with Gasteiger partial charge < -0.3 is 19.8 Å². The van der Waals surface area contributed by atoms with Gasteiger partial charge in [-0.1, -0.05) is 32.0 Å². The molecule has 0 aromatic heterocycles. The number of hydrogen-bond donors (Lipinski definition) is 2. The molecule has 7 rings (SSSR count). The van der Waals surface area contributed by atoms with Crippen LogP contribution in [0, 0.1) is 11.8 Å². The van der Waals surface area contributed by atoms with Crippen LogP contribution < -0.4 is 4.74 Å². The highest BCUT2D eigenvalue weighted by atomic mass is 19.4. The molecule has 5 aliphatic rings. The third-order valence-corrected chi connectivity index (χ3v) is 10.6. The van der Waals surface area contributed by atoms with Crippen LogP contribution in [-0.4, -0.2) is 69.3 Å². The number of likely N-dealkylation sites (tertiary alicyclic amines) is 1. The van der Waals surface area contributed by atoms with E-state index in [-0.39, 0.29) is 29.7 Å². The second-order valence-electron chi connectivity index (χ2n) is 13.7. The van der Waals surface area contributed by atoms with Gasteiger partial charge in [0, 0.05) is 30.8 Å². The SMILES string of the molecule is CC(C)CN(C(=O)C=Cc1ccc(C(F)(F)F)cc1)[C@@H]1CC[C@@]2(O)[C@H]3Cc4ccc(O)c5c4[C@@]2(CCN3CC2CC2)[C@H]1O5. The molecule has 2 heterocycles. The molecular weight excluding hydrogens is 557 g/mol. The third-order valence-electron chi connectivity index (χ3n) is 10.6. The zero-order valence-corrected chi connectivity index (χ0v) is 24.6. The average Bonchev–Trinajstić information content (AvgIpc) is 3.70. The minimum absolute atomic E-state index is 0.0503. The fraction of sp³-hybridized carbons (Fsp3) is 0.559. The topological polar surface area (TPSA) is 73.2 Å². The smallest absolute Gasteiger partial charge is 0.416 e. The van der Waals surface area contributed by atoms with Crippen molar-refractivity contribution in [1.82, 2.24) is 9.80 Å². The Morgan fingerprint density at radius 1 is 1.14 bits per heavy atom. The van der Waals surface area contributed by atoms with Crippen molar-refractivity contribution < 1.29 is 32.9 Å². The maximum atomic E-state index is 13.9. The summed E-state index contributed by atoms with van der Waals surface area (Å²) in [4.78, 5) is 18.2. The lowest BCUT2D eigenvalue weighted by molar-refractivity contribution is -0.201. The molecule has 2 aliphatic heterocycles. The summed E-state index contributed by atoms with van der Waals surface area (Å²) >= 11 is 0. The number of aliphatic hydroxyl groups is 1. The highest BCUT2D eigenvalue weighted by Gasteiger charge is 2.73. The Labute approximate surface area is 250 Å². The molecule has 1 saturated heterocycles. The van der Waals surface area contributed by atoms with Gasteiger partial charge in [0.15, 0.2) is 11.5 Å². The van der Waals surface area contributed by atoms with Crippen molar-refractivity contribution in [2.45, 2.75) is 87.8 Å². The van der Waals surface area contributed by atoms with E-state index in [1.807, 2.05) is 24.8 Å². The second kappa shape index (κ2) is 9.99. The molecule has 9 heteroatoms. The van der Waals surface area contributed by atoms with Crippen LogP contribution in [0.5, 0.6) is 11.5 Å². The van der Waals surface area contributed by atoms with Gasteiger partial charge in [-0.05, 0) is 92.3 Å². The summed E-state index contributed by atoms with van der Waals surface area (Å²) in [5, 5.41) is 23.7. The zero-order chi connectivity index (χ0) is 30.3. The van der Waals surface area contributed by atoms with Crippen LogP contribution in [0.3, 0.4) is 0 Å². The lowest BCUT2D eigenvalue weighted by atomic mass is 9.48. The average molecular weight is 597 g/mol. The highest BCUT2D eigenvalue weighted by Crippen LogP contribution is 2.66. The van der Waals surface area contributed by atoms with E-state index in [1.54, 1.807) is 12.1 Å². The van der Waals surface area contributed by atoms with Gasteiger partial charge in [0.1, 0.15) is 6.10 Å². The van der Waals surface area contributed by atoms with Crippen LogP contribution in [0.4, 0.5) is 13.2 Å². The largest absolute Gasteiger partial charge is 0.504 e. The molecule has 5 atom stereocenters. The van der Waals surface area contributed by atoms with Gasteiger partial charge in [0.2, 0.25) is 5.91 Å². The lowest BCUT2D eigenvalue weighted by Crippen LogP contribution is -2.78. The summed E-state index contributed by atoms with van der Waals surface area (Å²) in [5.41, 5.74) is 0.00479. The Bertz CT molecular complexity index is 1450. The number of aromatic hydroxyl groups is 1. The van der Waals surface area contributed by atoms with Crippen LogP contribution in [0.1, 0.15) is 68.2 Å². The number of phenolic OH excluding ortho intramolecular Hbond substituents is 1. The predicted octanol–water partition coefficient (Wildman–Crippen LogP) is 5.54. The molecule has 2 bridgehead atoms. The molecule has 0 unspecified atom stereocenters. The molecular formula is C34H39F3N2O4. The molecule has 1 spiro atoms. The molecule has 230 valence electrons. The molecule has 2 aromatic carbocycles. The second-order valence-corrected chi connectivity index (χ2v) is 13.7. The van der Waals surface area contributed by atoms with Crippen LogP contribution >= 0.6 is 0 Å². The molecule has 3 aliphatic carbocycles. The Morgan fingerprint density at radius 3 is 2.56 bits per heavy atom. The summed E-state index contributed by atoms with van der Waals surface area (Å²) < 4.78 is 45.8.